The second kappa shape index (κ2) is 9.17. The van der Waals surface area contributed by atoms with Gasteiger partial charge in [-0.25, -0.2) is 8.78 Å². The van der Waals surface area contributed by atoms with Crippen LogP contribution in [0.5, 0.6) is 0 Å². The van der Waals surface area contributed by atoms with Crippen molar-refractivity contribution in [2.75, 3.05) is 10.6 Å². The number of rotatable bonds is 6. The molecule has 0 heterocycles. The van der Waals surface area contributed by atoms with Crippen LogP contribution in [0.3, 0.4) is 0 Å². The molecule has 188 valence electrons. The van der Waals surface area contributed by atoms with Gasteiger partial charge in [0.2, 0.25) is 0 Å². The Kier molecular flexibility index (Phi) is 5.84. The molecule has 1 aliphatic carbocycles. The van der Waals surface area contributed by atoms with E-state index in [0.717, 1.165) is 12.1 Å². The summed E-state index contributed by atoms with van der Waals surface area (Å²) in [5, 5.41) is 28.0. The molecule has 2 N–H and O–H groups in total. The normalized spacial score (nSPS) is 11.9. The number of carbonyl (C=O) groups excluding carboxylic acids is 2. The van der Waals surface area contributed by atoms with Crippen LogP contribution in [0.1, 0.15) is 31.8 Å². The number of halogens is 2. The minimum Gasteiger partial charge on any atom is -0.346 e. The molecule has 4 aromatic rings. The van der Waals surface area contributed by atoms with Gasteiger partial charge in [-0.15, -0.1) is 0 Å². The maximum Gasteiger partial charge on any atom is 0.292 e. The van der Waals surface area contributed by atoms with Crippen molar-refractivity contribution >= 4 is 45.7 Å². The number of nitro groups is 2. The van der Waals surface area contributed by atoms with Crippen LogP contribution < -0.4 is 10.6 Å². The van der Waals surface area contributed by atoms with E-state index >= 15 is 8.78 Å². The summed E-state index contributed by atoms with van der Waals surface area (Å²) in [6.45, 7) is 0. The van der Waals surface area contributed by atoms with E-state index in [1.165, 1.54) is 60.7 Å². The van der Waals surface area contributed by atoms with Gasteiger partial charge in [0.1, 0.15) is 22.7 Å². The highest BCUT2D eigenvalue weighted by Gasteiger charge is 2.39. The third-order valence-corrected chi connectivity index (χ3v) is 5.97. The number of nitrogens with one attached hydrogen (secondary N) is 2. The van der Waals surface area contributed by atoms with Gasteiger partial charge >= 0.3 is 0 Å². The molecule has 5 rings (SSSR count). The number of para-hydroxylation sites is 4. The van der Waals surface area contributed by atoms with Gasteiger partial charge < -0.3 is 10.6 Å². The second-order valence-electron chi connectivity index (χ2n) is 8.13. The number of benzene rings is 4. The molecule has 0 radical (unpaired) electrons. The fourth-order valence-corrected chi connectivity index (χ4v) is 4.25. The molecule has 0 aromatic heterocycles. The quantitative estimate of drug-likeness (QED) is 0.205. The van der Waals surface area contributed by atoms with Crippen LogP contribution in [-0.4, -0.2) is 21.4 Å². The number of ketones is 2. The Morgan fingerprint density at radius 1 is 0.579 bits per heavy atom. The van der Waals surface area contributed by atoms with Crippen LogP contribution in [0.4, 0.5) is 42.9 Å². The molecule has 0 saturated heterocycles. The van der Waals surface area contributed by atoms with Crippen molar-refractivity contribution in [3.63, 3.8) is 0 Å². The molecule has 0 bridgehead atoms. The Balaban J connectivity index is 1.79. The van der Waals surface area contributed by atoms with Gasteiger partial charge in [0.15, 0.2) is 23.2 Å². The summed E-state index contributed by atoms with van der Waals surface area (Å²) in [6.07, 6.45) is 0. The van der Waals surface area contributed by atoms with Crippen molar-refractivity contribution in [3.05, 3.63) is 127 Å². The molecule has 0 atom stereocenters. The summed E-state index contributed by atoms with van der Waals surface area (Å²) in [5.74, 6) is -4.66. The molecular weight excluding hydrogens is 502 g/mol. The lowest BCUT2D eigenvalue weighted by Gasteiger charge is -2.24. The lowest BCUT2D eigenvalue weighted by Crippen LogP contribution is -2.25. The van der Waals surface area contributed by atoms with E-state index in [9.17, 15) is 29.8 Å². The highest BCUT2D eigenvalue weighted by Crippen LogP contribution is 2.43. The minimum absolute atomic E-state index is 0.139. The first-order valence-electron chi connectivity index (χ1n) is 10.9. The number of hydrogen-bond donors (Lipinski definition) is 2. The molecule has 0 saturated carbocycles. The van der Waals surface area contributed by atoms with Crippen molar-refractivity contribution in [3.8, 4) is 0 Å². The summed E-state index contributed by atoms with van der Waals surface area (Å²) in [5.41, 5.74) is -5.00. The van der Waals surface area contributed by atoms with E-state index in [-0.39, 0.29) is 22.5 Å². The molecule has 0 amide bonds. The zero-order valence-electron chi connectivity index (χ0n) is 19.0. The van der Waals surface area contributed by atoms with Crippen LogP contribution in [0.25, 0.3) is 0 Å². The van der Waals surface area contributed by atoms with Crippen LogP contribution in [0, 0.1) is 31.9 Å². The molecule has 1 aliphatic rings. The van der Waals surface area contributed by atoms with E-state index in [4.69, 9.17) is 0 Å². The van der Waals surface area contributed by atoms with Gasteiger partial charge in [-0.1, -0.05) is 48.5 Å². The molecule has 10 nitrogen and oxygen atoms in total. The molecule has 12 heteroatoms. The number of nitro benzene ring substituents is 2. The highest BCUT2D eigenvalue weighted by molar-refractivity contribution is 6.29. The average Bonchev–Trinajstić information content (AvgIpc) is 2.91. The zero-order valence-corrected chi connectivity index (χ0v) is 19.0. The molecular formula is C26H14F2N4O6. The minimum atomic E-state index is -1.37. The molecule has 4 aromatic carbocycles. The Labute approximate surface area is 211 Å². The predicted octanol–water partition coefficient (Wildman–Crippen LogP) is 6.04. The first-order valence-corrected chi connectivity index (χ1v) is 10.9. The second-order valence-corrected chi connectivity index (χ2v) is 8.13. The molecule has 0 aliphatic heterocycles. The Hall–Kier alpha value is -5.52. The number of fused-ring (bicyclic) bond motifs is 2. The number of carbonyl (C=O) groups is 2. The predicted molar refractivity (Wildman–Crippen MR) is 132 cm³/mol. The first kappa shape index (κ1) is 24.2. The van der Waals surface area contributed by atoms with Crippen LogP contribution in [0.15, 0.2) is 72.8 Å². The third kappa shape index (κ3) is 3.80. The Morgan fingerprint density at radius 2 is 0.921 bits per heavy atom. The van der Waals surface area contributed by atoms with E-state index in [1.54, 1.807) is 0 Å². The molecule has 0 unspecified atom stereocenters. The monoisotopic (exact) mass is 516 g/mol. The summed E-state index contributed by atoms with van der Waals surface area (Å²) < 4.78 is 32.3. The first-order chi connectivity index (χ1) is 18.2. The van der Waals surface area contributed by atoms with Gasteiger partial charge in [-0.2, -0.15) is 0 Å². The van der Waals surface area contributed by atoms with Gasteiger partial charge in [0, 0.05) is 23.3 Å². The number of anilines is 4. The van der Waals surface area contributed by atoms with Crippen molar-refractivity contribution in [2.24, 2.45) is 0 Å². The molecule has 38 heavy (non-hydrogen) atoms. The van der Waals surface area contributed by atoms with Gasteiger partial charge in [0.25, 0.3) is 11.4 Å². The van der Waals surface area contributed by atoms with E-state index < -0.39 is 66.9 Å². The zero-order chi connectivity index (χ0) is 27.1. The number of hydrogen-bond acceptors (Lipinski definition) is 8. The third-order valence-electron chi connectivity index (χ3n) is 5.97. The van der Waals surface area contributed by atoms with Gasteiger partial charge in [0.05, 0.1) is 21.0 Å². The molecule has 0 fully saturated rings. The lowest BCUT2D eigenvalue weighted by molar-refractivity contribution is -0.384. The fourth-order valence-electron chi connectivity index (χ4n) is 4.25. The summed E-state index contributed by atoms with van der Waals surface area (Å²) in [6, 6.07) is 15.7. The number of nitrogens with zero attached hydrogens (tertiary/aromatic N) is 2. The maximum atomic E-state index is 16.1. The largest absolute Gasteiger partial charge is 0.346 e. The van der Waals surface area contributed by atoms with Crippen LogP contribution in [0.2, 0.25) is 0 Å². The van der Waals surface area contributed by atoms with Crippen LogP contribution >= 0.6 is 0 Å². The lowest BCUT2D eigenvalue weighted by atomic mass is 9.82. The molecule has 0 spiro atoms. The van der Waals surface area contributed by atoms with E-state index in [0.29, 0.717) is 0 Å². The Bertz CT molecular complexity index is 1580. The van der Waals surface area contributed by atoms with Crippen LogP contribution in [-0.2, 0) is 0 Å². The standard InChI is InChI=1S/C26H14F2N4O6/c27-21-19-20(26(34)14-8-2-1-7-13(14)25(19)33)22(28)24(30-16-10-4-6-12-18(16)32(37)38)23(21)29-15-9-3-5-11-17(15)31(35)36/h1-12,29-30H. The van der Waals surface area contributed by atoms with Crippen molar-refractivity contribution in [2.45, 2.75) is 0 Å². The van der Waals surface area contributed by atoms with E-state index in [2.05, 4.69) is 10.6 Å². The van der Waals surface area contributed by atoms with E-state index in [1.807, 2.05) is 0 Å². The smallest absolute Gasteiger partial charge is 0.292 e. The topological polar surface area (TPSA) is 144 Å². The summed E-state index contributed by atoms with van der Waals surface area (Å²) in [4.78, 5) is 48.0. The summed E-state index contributed by atoms with van der Waals surface area (Å²) >= 11 is 0. The Morgan fingerprint density at radius 3 is 1.29 bits per heavy atom. The SMILES string of the molecule is O=C1c2ccccc2C(=O)c2c(F)c(Nc3ccccc3[N+](=O)[O-])c(Nc3ccccc3[N+](=O)[O-])c(F)c21. The fraction of sp³-hybridized carbons (Fsp3) is 0. The van der Waals surface area contributed by atoms with Gasteiger partial charge in [-0.3, -0.25) is 29.8 Å². The van der Waals surface area contributed by atoms with Crippen molar-refractivity contribution in [1.82, 2.24) is 0 Å². The highest BCUT2D eigenvalue weighted by atomic mass is 19.1. The van der Waals surface area contributed by atoms with Gasteiger partial charge in [-0.05, 0) is 12.1 Å². The summed E-state index contributed by atoms with van der Waals surface area (Å²) in [7, 11) is 0. The maximum absolute atomic E-state index is 16.1. The average molecular weight is 516 g/mol. The van der Waals surface area contributed by atoms with Crippen molar-refractivity contribution in [1.29, 1.82) is 0 Å². The van der Waals surface area contributed by atoms with Crippen molar-refractivity contribution < 1.29 is 28.2 Å².